The molecule has 86 valence electrons. The van der Waals surface area contributed by atoms with Gasteiger partial charge in [-0.05, 0) is 6.92 Å². The number of hydrogen-bond donors (Lipinski definition) is 1. The Kier molecular flexibility index (Phi) is 2.89. The van der Waals surface area contributed by atoms with Crippen LogP contribution in [0.2, 0.25) is 0 Å². The largest absolute Gasteiger partial charge is 0.450 e. The molecule has 0 fully saturated rings. The summed E-state index contributed by atoms with van der Waals surface area (Å²) in [6.07, 6.45) is 1.61. The fourth-order valence-corrected chi connectivity index (χ4v) is 1.72. The van der Waals surface area contributed by atoms with Crippen molar-refractivity contribution < 1.29 is 9.53 Å². The Morgan fingerprint density at radius 1 is 1.69 bits per heavy atom. The molecule has 1 amide bonds. The maximum absolute atomic E-state index is 11.5. The van der Waals surface area contributed by atoms with Crippen LogP contribution in [0.4, 0.5) is 4.79 Å². The van der Waals surface area contributed by atoms with E-state index in [9.17, 15) is 9.59 Å². The summed E-state index contributed by atoms with van der Waals surface area (Å²) < 4.78 is 4.89. The van der Waals surface area contributed by atoms with Crippen molar-refractivity contribution in [3.05, 3.63) is 27.9 Å². The predicted molar refractivity (Wildman–Crippen MR) is 56.0 cm³/mol. The van der Waals surface area contributed by atoms with E-state index in [2.05, 4.69) is 9.97 Å². The van der Waals surface area contributed by atoms with Gasteiger partial charge in [-0.1, -0.05) is 0 Å². The first kappa shape index (κ1) is 10.7. The first-order valence-electron chi connectivity index (χ1n) is 5.19. The second-order valence-electron chi connectivity index (χ2n) is 3.53. The minimum absolute atomic E-state index is 0.181. The fourth-order valence-electron chi connectivity index (χ4n) is 1.72. The van der Waals surface area contributed by atoms with Gasteiger partial charge < -0.3 is 14.6 Å². The molecule has 1 N–H and O–H groups in total. The second-order valence-corrected chi connectivity index (χ2v) is 3.53. The number of ether oxygens (including phenoxy) is 1. The van der Waals surface area contributed by atoms with Crippen LogP contribution in [0.3, 0.4) is 0 Å². The number of fused-ring (bicyclic) bond motifs is 1. The molecule has 1 aliphatic rings. The van der Waals surface area contributed by atoms with E-state index >= 15 is 0 Å². The highest BCUT2D eigenvalue weighted by Crippen LogP contribution is 2.13. The second kappa shape index (κ2) is 4.34. The first-order chi connectivity index (χ1) is 7.72. The minimum atomic E-state index is -0.378. The average molecular weight is 223 g/mol. The predicted octanol–water partition coefficient (Wildman–Crippen LogP) is 0.285. The zero-order valence-corrected chi connectivity index (χ0v) is 9.02. The van der Waals surface area contributed by atoms with E-state index < -0.39 is 0 Å². The molecule has 6 heteroatoms. The Morgan fingerprint density at radius 2 is 2.50 bits per heavy atom. The third kappa shape index (κ3) is 1.91. The van der Waals surface area contributed by atoms with Gasteiger partial charge >= 0.3 is 6.09 Å². The number of carbonyl (C=O) groups excluding carboxylic acids is 1. The Balaban J connectivity index is 2.20. The Morgan fingerprint density at radius 3 is 3.25 bits per heavy atom. The van der Waals surface area contributed by atoms with E-state index in [1.807, 2.05) is 0 Å². The lowest BCUT2D eigenvalue weighted by atomic mass is 10.1. The molecule has 0 spiro atoms. The summed E-state index contributed by atoms with van der Waals surface area (Å²) in [5.74, 6) is 0. The summed E-state index contributed by atoms with van der Waals surface area (Å²) in [4.78, 5) is 31.1. The molecule has 0 unspecified atom stereocenters. The van der Waals surface area contributed by atoms with Crippen LogP contribution in [0.5, 0.6) is 0 Å². The van der Waals surface area contributed by atoms with E-state index in [0.29, 0.717) is 25.1 Å². The van der Waals surface area contributed by atoms with Crippen molar-refractivity contribution in [3.63, 3.8) is 0 Å². The SMILES string of the molecule is CCOC(=O)N1CCc2nc[nH]c(=O)c2C1. The fraction of sp³-hybridized carbons (Fsp3) is 0.500. The number of aromatic amines is 1. The van der Waals surface area contributed by atoms with Gasteiger partial charge in [0.05, 0.1) is 30.7 Å². The van der Waals surface area contributed by atoms with Gasteiger partial charge in [-0.15, -0.1) is 0 Å². The molecule has 0 aliphatic carbocycles. The Bertz CT molecular complexity index is 455. The van der Waals surface area contributed by atoms with Crippen molar-refractivity contribution >= 4 is 6.09 Å². The van der Waals surface area contributed by atoms with Crippen molar-refractivity contribution in [3.8, 4) is 0 Å². The van der Waals surface area contributed by atoms with Crippen molar-refractivity contribution in [2.75, 3.05) is 13.2 Å². The topological polar surface area (TPSA) is 75.3 Å². The van der Waals surface area contributed by atoms with Crippen LogP contribution < -0.4 is 5.56 Å². The van der Waals surface area contributed by atoms with Gasteiger partial charge in [0, 0.05) is 13.0 Å². The van der Waals surface area contributed by atoms with Crippen molar-refractivity contribution in [2.24, 2.45) is 0 Å². The molecule has 0 saturated carbocycles. The maximum atomic E-state index is 11.5. The number of nitrogens with one attached hydrogen (secondary N) is 1. The molecule has 0 radical (unpaired) electrons. The lowest BCUT2D eigenvalue weighted by Crippen LogP contribution is -2.39. The van der Waals surface area contributed by atoms with E-state index in [1.165, 1.54) is 11.2 Å². The van der Waals surface area contributed by atoms with Crippen LogP contribution in [0, 0.1) is 0 Å². The zero-order chi connectivity index (χ0) is 11.5. The quantitative estimate of drug-likeness (QED) is 0.742. The van der Waals surface area contributed by atoms with Gasteiger partial charge in [0.15, 0.2) is 0 Å². The molecule has 1 aromatic heterocycles. The minimum Gasteiger partial charge on any atom is -0.450 e. The van der Waals surface area contributed by atoms with Crippen LogP contribution >= 0.6 is 0 Å². The normalized spacial score (nSPS) is 14.4. The summed E-state index contributed by atoms with van der Waals surface area (Å²) in [7, 11) is 0. The van der Waals surface area contributed by atoms with Gasteiger partial charge in [0.2, 0.25) is 0 Å². The number of amides is 1. The summed E-state index contributed by atoms with van der Waals surface area (Å²) in [6, 6.07) is 0. The summed E-state index contributed by atoms with van der Waals surface area (Å²) in [5, 5.41) is 0. The Labute approximate surface area is 92.3 Å². The van der Waals surface area contributed by atoms with E-state index in [4.69, 9.17) is 4.74 Å². The monoisotopic (exact) mass is 223 g/mol. The van der Waals surface area contributed by atoms with Crippen molar-refractivity contribution in [2.45, 2.75) is 19.9 Å². The number of aromatic nitrogens is 2. The van der Waals surface area contributed by atoms with Crippen LogP contribution in [-0.4, -0.2) is 34.1 Å². The van der Waals surface area contributed by atoms with Gasteiger partial charge in [-0.3, -0.25) is 4.79 Å². The molecule has 0 aromatic carbocycles. The third-order valence-corrected chi connectivity index (χ3v) is 2.53. The summed E-state index contributed by atoms with van der Waals surface area (Å²) in [6.45, 7) is 2.91. The molecule has 0 bridgehead atoms. The van der Waals surface area contributed by atoms with Crippen molar-refractivity contribution in [1.29, 1.82) is 0 Å². The molecule has 2 rings (SSSR count). The highest BCUT2D eigenvalue weighted by atomic mass is 16.6. The number of hydrogen-bond acceptors (Lipinski definition) is 4. The molecule has 2 heterocycles. The summed E-state index contributed by atoms with van der Waals surface area (Å²) in [5.41, 5.74) is 1.14. The molecule has 0 atom stereocenters. The zero-order valence-electron chi connectivity index (χ0n) is 9.02. The standard InChI is InChI=1S/C10H13N3O3/c1-2-16-10(15)13-4-3-8-7(5-13)9(14)12-6-11-8/h6H,2-5H2,1H3,(H,11,12,14). The summed E-state index contributed by atoms with van der Waals surface area (Å²) >= 11 is 0. The number of H-pyrrole nitrogens is 1. The van der Waals surface area contributed by atoms with Crippen LogP contribution in [-0.2, 0) is 17.7 Å². The molecular weight excluding hydrogens is 210 g/mol. The Hall–Kier alpha value is -1.85. The highest BCUT2D eigenvalue weighted by molar-refractivity contribution is 5.68. The van der Waals surface area contributed by atoms with E-state index in [1.54, 1.807) is 6.92 Å². The van der Waals surface area contributed by atoms with Gasteiger partial charge in [-0.25, -0.2) is 9.78 Å². The van der Waals surface area contributed by atoms with Gasteiger partial charge in [0.25, 0.3) is 5.56 Å². The van der Waals surface area contributed by atoms with Crippen LogP contribution in [0.1, 0.15) is 18.2 Å². The van der Waals surface area contributed by atoms with Crippen molar-refractivity contribution in [1.82, 2.24) is 14.9 Å². The average Bonchev–Trinajstić information content (AvgIpc) is 2.29. The van der Waals surface area contributed by atoms with E-state index in [0.717, 1.165) is 5.69 Å². The number of carbonyl (C=O) groups is 1. The highest BCUT2D eigenvalue weighted by Gasteiger charge is 2.24. The molecule has 16 heavy (non-hydrogen) atoms. The number of nitrogens with zero attached hydrogens (tertiary/aromatic N) is 2. The van der Waals surface area contributed by atoms with E-state index in [-0.39, 0.29) is 18.2 Å². The smallest absolute Gasteiger partial charge is 0.410 e. The molecule has 6 nitrogen and oxygen atoms in total. The van der Waals surface area contributed by atoms with Crippen LogP contribution in [0.15, 0.2) is 11.1 Å². The lowest BCUT2D eigenvalue weighted by Gasteiger charge is -2.26. The molecule has 1 aliphatic heterocycles. The van der Waals surface area contributed by atoms with Gasteiger partial charge in [-0.2, -0.15) is 0 Å². The van der Waals surface area contributed by atoms with Gasteiger partial charge in [0.1, 0.15) is 0 Å². The first-order valence-corrected chi connectivity index (χ1v) is 5.19. The molecule has 0 saturated heterocycles. The molecular formula is C10H13N3O3. The maximum Gasteiger partial charge on any atom is 0.410 e. The van der Waals surface area contributed by atoms with Crippen LogP contribution in [0.25, 0.3) is 0 Å². The third-order valence-electron chi connectivity index (χ3n) is 2.53. The molecule has 1 aromatic rings. The number of rotatable bonds is 1. The lowest BCUT2D eigenvalue weighted by molar-refractivity contribution is 0.102.